The molecular formula is C19H23N5O. The minimum absolute atomic E-state index is 0.0595. The van der Waals surface area contributed by atoms with Crippen LogP contribution < -0.4 is 4.90 Å². The first-order chi connectivity index (χ1) is 12.0. The molecule has 1 aliphatic rings. The standard InChI is InChI=1S/C19H23N5O/c1-13-10-18(24-9-5-6-15(12-24)23(3)4)21-22-19(13)16-8-7-14(20-2)11-17(16)25/h7-8,10-11,15,25H,5-6,9,12H2,1,3-4H3/t15-/m1/s1. The van der Waals surface area contributed by atoms with Crippen LogP contribution in [0.1, 0.15) is 18.4 Å². The molecular weight excluding hydrogens is 314 g/mol. The Morgan fingerprint density at radius 3 is 2.72 bits per heavy atom. The molecule has 1 atom stereocenters. The fourth-order valence-corrected chi connectivity index (χ4v) is 3.27. The molecule has 3 rings (SSSR count). The molecule has 0 spiro atoms. The summed E-state index contributed by atoms with van der Waals surface area (Å²) in [5.41, 5.74) is 2.63. The normalized spacial score (nSPS) is 17.6. The Morgan fingerprint density at radius 2 is 2.08 bits per heavy atom. The highest BCUT2D eigenvalue weighted by Crippen LogP contribution is 2.33. The second kappa shape index (κ2) is 7.08. The second-order valence-corrected chi connectivity index (χ2v) is 6.75. The number of benzene rings is 1. The molecule has 0 radical (unpaired) electrons. The second-order valence-electron chi connectivity index (χ2n) is 6.75. The Hall–Kier alpha value is -2.65. The Morgan fingerprint density at radius 1 is 1.28 bits per heavy atom. The fraction of sp³-hybridized carbons (Fsp3) is 0.421. The SMILES string of the molecule is [C-]#[N+]c1ccc(-c2nnc(N3CCC[C@@H](N(C)C)C3)cc2C)c(O)c1. The topological polar surface area (TPSA) is 56.9 Å². The molecule has 6 nitrogen and oxygen atoms in total. The van der Waals surface area contributed by atoms with Crippen molar-refractivity contribution >= 4 is 11.5 Å². The molecule has 1 aliphatic heterocycles. The van der Waals surface area contributed by atoms with E-state index in [1.54, 1.807) is 12.1 Å². The zero-order valence-corrected chi connectivity index (χ0v) is 14.9. The third kappa shape index (κ3) is 3.57. The fourth-order valence-electron chi connectivity index (χ4n) is 3.27. The monoisotopic (exact) mass is 337 g/mol. The molecule has 1 aromatic carbocycles. The van der Waals surface area contributed by atoms with Gasteiger partial charge in [0, 0.05) is 24.7 Å². The number of hydrogen-bond acceptors (Lipinski definition) is 5. The summed E-state index contributed by atoms with van der Waals surface area (Å²) in [5.74, 6) is 0.939. The molecule has 130 valence electrons. The first-order valence-electron chi connectivity index (χ1n) is 8.46. The van der Waals surface area contributed by atoms with Crippen LogP contribution in [-0.4, -0.2) is 53.4 Å². The van der Waals surface area contributed by atoms with Gasteiger partial charge in [0.15, 0.2) is 11.5 Å². The van der Waals surface area contributed by atoms with E-state index in [0.717, 1.165) is 30.9 Å². The van der Waals surface area contributed by atoms with Gasteiger partial charge in [-0.3, -0.25) is 0 Å². The van der Waals surface area contributed by atoms with Crippen LogP contribution in [0.4, 0.5) is 11.5 Å². The van der Waals surface area contributed by atoms with Crippen LogP contribution in [0.3, 0.4) is 0 Å². The van der Waals surface area contributed by atoms with E-state index in [0.29, 0.717) is 23.0 Å². The number of hydrogen-bond donors (Lipinski definition) is 1. The maximum Gasteiger partial charge on any atom is 0.190 e. The molecule has 0 aliphatic carbocycles. The van der Waals surface area contributed by atoms with Gasteiger partial charge in [-0.2, -0.15) is 0 Å². The Balaban J connectivity index is 1.88. The lowest BCUT2D eigenvalue weighted by Crippen LogP contribution is -2.45. The maximum absolute atomic E-state index is 10.2. The Kier molecular flexibility index (Phi) is 4.86. The Labute approximate surface area is 148 Å². The van der Waals surface area contributed by atoms with Gasteiger partial charge in [0.2, 0.25) is 0 Å². The smallest absolute Gasteiger partial charge is 0.190 e. The van der Waals surface area contributed by atoms with E-state index in [2.05, 4.69) is 38.9 Å². The summed E-state index contributed by atoms with van der Waals surface area (Å²) in [7, 11) is 4.23. The highest BCUT2D eigenvalue weighted by Gasteiger charge is 2.23. The van der Waals surface area contributed by atoms with Gasteiger partial charge >= 0.3 is 0 Å². The van der Waals surface area contributed by atoms with E-state index in [1.807, 2.05) is 13.0 Å². The van der Waals surface area contributed by atoms with E-state index in [9.17, 15) is 5.11 Å². The maximum atomic E-state index is 10.2. The number of aromatic hydroxyl groups is 1. The number of nitrogens with zero attached hydrogens (tertiary/aromatic N) is 5. The van der Waals surface area contributed by atoms with E-state index < -0.39 is 0 Å². The van der Waals surface area contributed by atoms with Crippen LogP contribution in [0, 0.1) is 13.5 Å². The van der Waals surface area contributed by atoms with Crippen molar-refractivity contribution in [3.05, 3.63) is 41.2 Å². The lowest BCUT2D eigenvalue weighted by atomic mass is 10.0. The summed E-state index contributed by atoms with van der Waals surface area (Å²) >= 11 is 0. The van der Waals surface area contributed by atoms with Gasteiger partial charge < -0.3 is 14.9 Å². The van der Waals surface area contributed by atoms with Crippen molar-refractivity contribution in [3.8, 4) is 17.0 Å². The number of aromatic nitrogens is 2. The molecule has 0 saturated carbocycles. The Bertz CT molecular complexity index is 812. The predicted molar refractivity (Wildman–Crippen MR) is 99.1 cm³/mol. The minimum atomic E-state index is 0.0595. The number of rotatable bonds is 3. The van der Waals surface area contributed by atoms with Crippen molar-refractivity contribution in [2.24, 2.45) is 0 Å². The highest BCUT2D eigenvalue weighted by molar-refractivity contribution is 5.73. The third-order valence-corrected chi connectivity index (χ3v) is 4.79. The van der Waals surface area contributed by atoms with Gasteiger partial charge in [-0.15, -0.1) is 10.2 Å². The predicted octanol–water partition coefficient (Wildman–Crippen LogP) is 3.24. The van der Waals surface area contributed by atoms with Gasteiger partial charge in [0.25, 0.3) is 0 Å². The van der Waals surface area contributed by atoms with Gasteiger partial charge in [-0.1, -0.05) is 12.1 Å². The van der Waals surface area contributed by atoms with Crippen LogP contribution in [0.25, 0.3) is 16.1 Å². The summed E-state index contributed by atoms with van der Waals surface area (Å²) in [5, 5.41) is 19.0. The van der Waals surface area contributed by atoms with E-state index in [-0.39, 0.29) is 5.75 Å². The minimum Gasteiger partial charge on any atom is -0.509 e. The quantitative estimate of drug-likeness (QED) is 0.872. The lowest BCUT2D eigenvalue weighted by Gasteiger charge is -2.36. The first-order valence-corrected chi connectivity index (χ1v) is 8.46. The van der Waals surface area contributed by atoms with E-state index in [1.165, 1.54) is 12.5 Å². The summed E-state index contributed by atoms with van der Waals surface area (Å²) in [6.07, 6.45) is 2.35. The molecule has 1 fully saturated rings. The van der Waals surface area contributed by atoms with Crippen LogP contribution in [0.5, 0.6) is 5.75 Å². The molecule has 1 N–H and O–H groups in total. The van der Waals surface area contributed by atoms with Crippen molar-refractivity contribution in [1.82, 2.24) is 15.1 Å². The molecule has 0 bridgehead atoms. The number of anilines is 1. The third-order valence-electron chi connectivity index (χ3n) is 4.79. The van der Waals surface area contributed by atoms with E-state index >= 15 is 0 Å². The average Bonchev–Trinajstić information content (AvgIpc) is 2.62. The average molecular weight is 337 g/mol. The van der Waals surface area contributed by atoms with Crippen LogP contribution >= 0.6 is 0 Å². The van der Waals surface area contributed by atoms with Gasteiger partial charge in [0.05, 0.1) is 12.3 Å². The molecule has 25 heavy (non-hydrogen) atoms. The molecule has 1 saturated heterocycles. The van der Waals surface area contributed by atoms with Crippen molar-refractivity contribution < 1.29 is 5.11 Å². The zero-order valence-electron chi connectivity index (χ0n) is 14.9. The lowest BCUT2D eigenvalue weighted by molar-refractivity contribution is 0.257. The molecule has 6 heteroatoms. The molecule has 1 aromatic heterocycles. The summed E-state index contributed by atoms with van der Waals surface area (Å²) < 4.78 is 0. The number of phenols is 1. The molecule has 0 unspecified atom stereocenters. The van der Waals surface area contributed by atoms with Crippen molar-refractivity contribution in [2.45, 2.75) is 25.8 Å². The van der Waals surface area contributed by atoms with Crippen LogP contribution in [0.2, 0.25) is 0 Å². The number of aryl methyl sites for hydroxylation is 1. The van der Waals surface area contributed by atoms with Crippen LogP contribution in [-0.2, 0) is 0 Å². The molecule has 2 aromatic rings. The molecule has 0 amide bonds. The molecule has 2 heterocycles. The van der Waals surface area contributed by atoms with Gasteiger partial charge in [0.1, 0.15) is 5.75 Å². The van der Waals surface area contributed by atoms with Crippen LogP contribution in [0.15, 0.2) is 24.3 Å². The number of piperidine rings is 1. The highest BCUT2D eigenvalue weighted by atomic mass is 16.3. The number of phenolic OH excluding ortho intramolecular Hbond substituents is 1. The van der Waals surface area contributed by atoms with Gasteiger partial charge in [-0.05, 0) is 51.6 Å². The van der Waals surface area contributed by atoms with E-state index in [4.69, 9.17) is 6.57 Å². The summed E-state index contributed by atoms with van der Waals surface area (Å²) in [6, 6.07) is 7.43. The summed E-state index contributed by atoms with van der Waals surface area (Å²) in [4.78, 5) is 7.87. The number of likely N-dealkylation sites (N-methyl/N-ethyl adjacent to an activating group) is 1. The largest absolute Gasteiger partial charge is 0.509 e. The van der Waals surface area contributed by atoms with Crippen molar-refractivity contribution in [1.29, 1.82) is 0 Å². The van der Waals surface area contributed by atoms with Crippen molar-refractivity contribution in [3.63, 3.8) is 0 Å². The van der Waals surface area contributed by atoms with Gasteiger partial charge in [-0.25, -0.2) is 4.85 Å². The zero-order chi connectivity index (χ0) is 18.0. The summed E-state index contributed by atoms with van der Waals surface area (Å²) in [6.45, 7) is 10.9. The first kappa shape index (κ1) is 17.2. The van der Waals surface area contributed by atoms with Crippen molar-refractivity contribution in [2.75, 3.05) is 32.1 Å².